The van der Waals surface area contributed by atoms with Crippen LogP contribution < -0.4 is 0 Å². The van der Waals surface area contributed by atoms with Crippen molar-refractivity contribution in [3.8, 4) is 0 Å². The molecular weight excluding hydrogens is 256 g/mol. The van der Waals surface area contributed by atoms with Crippen molar-refractivity contribution in [2.75, 3.05) is 13.2 Å². The predicted octanol–water partition coefficient (Wildman–Crippen LogP) is 1.99. The molecule has 4 heteroatoms. The molecule has 2 unspecified atom stereocenters. The molecule has 0 bridgehead atoms. The Hall–Kier alpha value is 0.354. The van der Waals surface area contributed by atoms with Crippen LogP contribution >= 0.6 is 0 Å². The predicted molar refractivity (Wildman–Crippen MR) is 83.1 cm³/mol. The van der Waals surface area contributed by atoms with Gasteiger partial charge in [-0.3, -0.25) is 0 Å². The SMILES string of the molecule is CC[SiH](CC)C1(C2([SiH3])CCCCO2)CCCCO1. The second kappa shape index (κ2) is 6.20. The second-order valence-electron chi connectivity index (χ2n) is 6.24. The number of hydrogen-bond donors (Lipinski definition) is 0. The Kier molecular flexibility index (Phi) is 5.09. The molecule has 2 aliphatic rings. The van der Waals surface area contributed by atoms with E-state index in [0.717, 1.165) is 23.5 Å². The van der Waals surface area contributed by atoms with Crippen LogP contribution in [0.15, 0.2) is 0 Å². The molecule has 0 N–H and O–H groups in total. The summed E-state index contributed by atoms with van der Waals surface area (Å²) in [6.45, 7) is 6.72. The highest BCUT2D eigenvalue weighted by Gasteiger charge is 2.54. The molecule has 0 amide bonds. The van der Waals surface area contributed by atoms with Crippen LogP contribution in [0.25, 0.3) is 0 Å². The summed E-state index contributed by atoms with van der Waals surface area (Å²) in [4.78, 5) is 0. The Balaban J connectivity index is 2.27. The summed E-state index contributed by atoms with van der Waals surface area (Å²) in [5.41, 5.74) is 0. The van der Waals surface area contributed by atoms with Crippen molar-refractivity contribution in [2.45, 2.75) is 74.9 Å². The number of hydrogen-bond acceptors (Lipinski definition) is 2. The van der Waals surface area contributed by atoms with Gasteiger partial charge in [-0.15, -0.1) is 0 Å². The maximum absolute atomic E-state index is 6.52. The lowest BCUT2D eigenvalue weighted by Crippen LogP contribution is -2.67. The maximum atomic E-state index is 6.52. The highest BCUT2D eigenvalue weighted by molar-refractivity contribution is 6.63. The van der Waals surface area contributed by atoms with E-state index in [1.54, 1.807) is 0 Å². The molecule has 0 spiro atoms. The van der Waals surface area contributed by atoms with Gasteiger partial charge >= 0.3 is 0 Å². The Labute approximate surface area is 117 Å². The molecular formula is C14H30O2Si2. The van der Waals surface area contributed by atoms with E-state index in [0.29, 0.717) is 0 Å². The average molecular weight is 287 g/mol. The summed E-state index contributed by atoms with van der Waals surface area (Å²) in [6.07, 6.45) is 7.77. The Bertz CT molecular complexity index is 255. The summed E-state index contributed by atoms with van der Waals surface area (Å²) < 4.78 is 12.9. The summed E-state index contributed by atoms with van der Waals surface area (Å²) in [6, 6.07) is 2.73. The molecule has 0 aromatic carbocycles. The van der Waals surface area contributed by atoms with Gasteiger partial charge in [-0.25, -0.2) is 0 Å². The van der Waals surface area contributed by atoms with E-state index in [9.17, 15) is 0 Å². The van der Waals surface area contributed by atoms with E-state index >= 15 is 0 Å². The fourth-order valence-electron chi connectivity index (χ4n) is 4.20. The summed E-state index contributed by atoms with van der Waals surface area (Å²) >= 11 is 0. The van der Waals surface area contributed by atoms with Gasteiger partial charge in [0, 0.05) is 23.5 Å². The molecule has 0 saturated carbocycles. The zero-order valence-electron chi connectivity index (χ0n) is 12.5. The van der Waals surface area contributed by atoms with Gasteiger partial charge in [-0.2, -0.15) is 0 Å². The molecule has 2 rings (SSSR count). The van der Waals surface area contributed by atoms with E-state index < -0.39 is 8.80 Å². The first-order valence-corrected chi connectivity index (χ1v) is 11.2. The van der Waals surface area contributed by atoms with Gasteiger partial charge in [-0.05, 0) is 38.5 Å². The molecule has 0 aromatic heterocycles. The highest BCUT2D eigenvalue weighted by atomic mass is 28.3. The second-order valence-corrected chi connectivity index (χ2v) is 11.8. The minimum atomic E-state index is -0.862. The van der Waals surface area contributed by atoms with Crippen molar-refractivity contribution in [1.82, 2.24) is 0 Å². The first kappa shape index (κ1) is 14.8. The van der Waals surface area contributed by atoms with Gasteiger partial charge < -0.3 is 9.47 Å². The monoisotopic (exact) mass is 286 g/mol. The zero-order chi connectivity index (χ0) is 13.1. The largest absolute Gasteiger partial charge is 0.377 e. The van der Waals surface area contributed by atoms with Crippen molar-refractivity contribution in [3.63, 3.8) is 0 Å². The topological polar surface area (TPSA) is 18.5 Å². The lowest BCUT2D eigenvalue weighted by Gasteiger charge is -2.55. The molecule has 2 saturated heterocycles. The number of ether oxygens (including phenoxy) is 2. The van der Waals surface area contributed by atoms with Crippen molar-refractivity contribution in [2.24, 2.45) is 0 Å². The summed E-state index contributed by atoms with van der Waals surface area (Å²) in [5.74, 6) is 0. The van der Waals surface area contributed by atoms with Crippen LogP contribution in [0.4, 0.5) is 0 Å². The van der Waals surface area contributed by atoms with Crippen LogP contribution in [-0.2, 0) is 9.47 Å². The quantitative estimate of drug-likeness (QED) is 0.736. The Morgan fingerprint density at radius 3 is 2.00 bits per heavy atom. The first-order valence-electron chi connectivity index (χ1n) is 7.96. The van der Waals surface area contributed by atoms with Crippen LogP contribution in [0.2, 0.25) is 12.1 Å². The van der Waals surface area contributed by atoms with E-state index in [4.69, 9.17) is 9.47 Å². The standard InChI is InChI=1S/C14H30O2Si2/c1-3-18(4-2)14(10-6-8-12-16-14)13(17)9-5-7-11-15-13/h18H,3-12H2,1-2,17H3. The molecule has 2 nitrogen and oxygen atoms in total. The fourth-order valence-corrected chi connectivity index (χ4v) is 10.3. The van der Waals surface area contributed by atoms with Crippen molar-refractivity contribution >= 4 is 19.0 Å². The van der Waals surface area contributed by atoms with Gasteiger partial charge in [0.05, 0.1) is 19.2 Å². The third-order valence-electron chi connectivity index (χ3n) is 5.31. The lowest BCUT2D eigenvalue weighted by molar-refractivity contribution is -0.161. The Morgan fingerprint density at radius 1 is 0.944 bits per heavy atom. The third-order valence-corrected chi connectivity index (χ3v) is 11.9. The normalized spacial score (nSPS) is 38.2. The van der Waals surface area contributed by atoms with E-state index in [1.807, 2.05) is 0 Å². The van der Waals surface area contributed by atoms with Crippen molar-refractivity contribution in [1.29, 1.82) is 0 Å². The van der Waals surface area contributed by atoms with Crippen LogP contribution in [0.3, 0.4) is 0 Å². The highest BCUT2D eigenvalue weighted by Crippen LogP contribution is 2.44. The molecule has 2 aliphatic heterocycles. The molecule has 2 fully saturated rings. The maximum Gasteiger partial charge on any atom is 0.0795 e. The fraction of sp³-hybridized carbons (Fsp3) is 1.00. The lowest BCUT2D eigenvalue weighted by atomic mass is 9.96. The minimum absolute atomic E-state index is 0.147. The van der Waals surface area contributed by atoms with Crippen LogP contribution in [-0.4, -0.2) is 42.7 Å². The Morgan fingerprint density at radius 2 is 1.56 bits per heavy atom. The van der Waals surface area contributed by atoms with E-state index in [1.165, 1.54) is 50.6 Å². The van der Waals surface area contributed by atoms with E-state index in [2.05, 4.69) is 13.8 Å². The molecule has 0 aliphatic carbocycles. The van der Waals surface area contributed by atoms with Gasteiger partial charge in [0.15, 0.2) is 0 Å². The van der Waals surface area contributed by atoms with Gasteiger partial charge in [0.25, 0.3) is 0 Å². The minimum Gasteiger partial charge on any atom is -0.377 e. The van der Waals surface area contributed by atoms with Gasteiger partial charge in [0.2, 0.25) is 0 Å². The summed E-state index contributed by atoms with van der Waals surface area (Å²) in [7, 11) is 0.277. The molecule has 0 radical (unpaired) electrons. The first-order chi connectivity index (χ1) is 8.68. The molecule has 2 atom stereocenters. The summed E-state index contributed by atoms with van der Waals surface area (Å²) in [5, 5.41) is 0.329. The van der Waals surface area contributed by atoms with Crippen LogP contribution in [0.5, 0.6) is 0 Å². The van der Waals surface area contributed by atoms with Crippen molar-refractivity contribution < 1.29 is 9.47 Å². The third kappa shape index (κ3) is 2.49. The zero-order valence-corrected chi connectivity index (χ0v) is 15.6. The number of rotatable bonds is 4. The average Bonchev–Trinajstić information content (AvgIpc) is 2.42. The van der Waals surface area contributed by atoms with Crippen molar-refractivity contribution in [3.05, 3.63) is 0 Å². The van der Waals surface area contributed by atoms with Gasteiger partial charge in [0.1, 0.15) is 0 Å². The van der Waals surface area contributed by atoms with Crippen LogP contribution in [0.1, 0.15) is 52.4 Å². The molecule has 2 heterocycles. The molecule has 18 heavy (non-hydrogen) atoms. The molecule has 106 valence electrons. The smallest absolute Gasteiger partial charge is 0.0795 e. The van der Waals surface area contributed by atoms with Gasteiger partial charge in [-0.1, -0.05) is 25.9 Å². The van der Waals surface area contributed by atoms with E-state index in [-0.39, 0.29) is 10.4 Å². The molecule has 0 aromatic rings. The van der Waals surface area contributed by atoms with Crippen LogP contribution in [0, 0.1) is 0 Å².